The maximum Gasteiger partial charge on any atom is 0.261 e. The number of para-hydroxylation sites is 1. The van der Waals surface area contributed by atoms with Crippen LogP contribution in [0.15, 0.2) is 83.8 Å². The molecule has 0 bridgehead atoms. The molecule has 1 aliphatic rings. The molecule has 0 radical (unpaired) electrons. The third kappa shape index (κ3) is 5.96. The van der Waals surface area contributed by atoms with Crippen LogP contribution >= 0.6 is 0 Å². The molecule has 0 spiro atoms. The van der Waals surface area contributed by atoms with Crippen molar-refractivity contribution in [3.05, 3.63) is 95.6 Å². The highest BCUT2D eigenvalue weighted by Gasteiger charge is 2.21. The van der Waals surface area contributed by atoms with E-state index in [2.05, 4.69) is 15.4 Å². The number of amides is 2. The maximum atomic E-state index is 13.0. The van der Waals surface area contributed by atoms with Crippen LogP contribution < -0.4 is 15.4 Å². The molecule has 1 aliphatic heterocycles. The number of piperazine rings is 1. The van der Waals surface area contributed by atoms with Crippen LogP contribution in [-0.4, -0.2) is 63.6 Å². The normalized spacial score (nSPS) is 13.6. The third-order valence-corrected chi connectivity index (χ3v) is 7.13. The summed E-state index contributed by atoms with van der Waals surface area (Å²) in [5.74, 6) is -0.956. The number of benzene rings is 3. The first-order valence-electron chi connectivity index (χ1n) is 11.4. The number of hydrogen-bond acceptors (Lipinski definition) is 6. The van der Waals surface area contributed by atoms with Crippen LogP contribution in [0.3, 0.4) is 0 Å². The van der Waals surface area contributed by atoms with Crippen molar-refractivity contribution in [2.75, 3.05) is 37.4 Å². The van der Waals surface area contributed by atoms with E-state index in [-0.39, 0.29) is 39.9 Å². The molecular weight excluding hydrogens is 480 g/mol. The maximum absolute atomic E-state index is 13.0. The Kier molecular flexibility index (Phi) is 7.77. The average Bonchev–Trinajstić information content (AvgIpc) is 2.92. The molecule has 3 N–H and O–H groups in total. The fraction of sp³-hybridized carbons (Fsp3) is 0.192. The first-order chi connectivity index (χ1) is 17.3. The van der Waals surface area contributed by atoms with Gasteiger partial charge in [0, 0.05) is 42.9 Å². The Balaban J connectivity index is 1.43. The molecule has 0 saturated carbocycles. The van der Waals surface area contributed by atoms with Crippen LogP contribution in [0.5, 0.6) is 0 Å². The quantitative estimate of drug-likeness (QED) is 0.401. The molecule has 1 saturated heterocycles. The van der Waals surface area contributed by atoms with E-state index in [0.29, 0.717) is 31.7 Å². The van der Waals surface area contributed by atoms with Gasteiger partial charge in [-0.15, -0.1) is 0 Å². The number of carbonyl (C=O) groups excluding carboxylic acids is 3. The number of sulfonamides is 1. The van der Waals surface area contributed by atoms with Gasteiger partial charge in [-0.05, 0) is 36.4 Å². The Morgan fingerprint density at radius 3 is 2.14 bits per heavy atom. The van der Waals surface area contributed by atoms with E-state index < -0.39 is 15.9 Å². The van der Waals surface area contributed by atoms with E-state index in [1.807, 2.05) is 0 Å². The Morgan fingerprint density at radius 1 is 0.806 bits per heavy atom. The second kappa shape index (κ2) is 11.1. The summed E-state index contributed by atoms with van der Waals surface area (Å²) in [5.41, 5.74) is 1.04. The third-order valence-electron chi connectivity index (χ3n) is 5.75. The Hall–Kier alpha value is -4.02. The summed E-state index contributed by atoms with van der Waals surface area (Å²) >= 11 is 0. The van der Waals surface area contributed by atoms with Crippen molar-refractivity contribution in [2.45, 2.75) is 4.90 Å². The van der Waals surface area contributed by atoms with Crippen LogP contribution in [0, 0.1) is 0 Å². The van der Waals surface area contributed by atoms with Gasteiger partial charge in [0.1, 0.15) is 0 Å². The molecule has 2 amide bonds. The molecule has 1 fully saturated rings. The lowest BCUT2D eigenvalue weighted by Gasteiger charge is -2.27. The Bertz CT molecular complexity index is 1350. The summed E-state index contributed by atoms with van der Waals surface area (Å²) in [7, 11) is -4.03. The molecule has 0 unspecified atom stereocenters. The van der Waals surface area contributed by atoms with E-state index in [1.165, 1.54) is 30.3 Å². The fourth-order valence-corrected chi connectivity index (χ4v) is 4.87. The molecule has 9 nitrogen and oxygen atoms in total. The lowest BCUT2D eigenvalue weighted by Crippen LogP contribution is -2.49. The number of nitrogens with zero attached hydrogens (tertiary/aromatic N) is 1. The lowest BCUT2D eigenvalue weighted by molar-refractivity contribution is -0.130. The van der Waals surface area contributed by atoms with Gasteiger partial charge in [0.05, 0.1) is 17.1 Å². The minimum Gasteiger partial charge on any atom is -0.343 e. The number of nitrogens with one attached hydrogen (secondary N) is 3. The van der Waals surface area contributed by atoms with Crippen molar-refractivity contribution in [3.63, 3.8) is 0 Å². The van der Waals surface area contributed by atoms with E-state index in [0.717, 1.165) is 0 Å². The van der Waals surface area contributed by atoms with Crippen molar-refractivity contribution < 1.29 is 22.8 Å². The minimum atomic E-state index is -4.03. The van der Waals surface area contributed by atoms with E-state index in [9.17, 15) is 22.8 Å². The summed E-state index contributed by atoms with van der Waals surface area (Å²) in [6.07, 6.45) is 0. The number of rotatable bonds is 8. The zero-order valence-corrected chi connectivity index (χ0v) is 20.3. The molecule has 36 heavy (non-hydrogen) atoms. The molecule has 1 heterocycles. The van der Waals surface area contributed by atoms with Crippen LogP contribution in [0.1, 0.15) is 26.3 Å². The highest BCUT2D eigenvalue weighted by Crippen LogP contribution is 2.23. The molecule has 0 aliphatic carbocycles. The van der Waals surface area contributed by atoms with Crippen molar-refractivity contribution in [1.82, 2.24) is 15.5 Å². The van der Waals surface area contributed by atoms with Gasteiger partial charge in [-0.2, -0.15) is 0 Å². The van der Waals surface area contributed by atoms with Crippen LogP contribution in [0.4, 0.5) is 5.69 Å². The van der Waals surface area contributed by atoms with Crippen molar-refractivity contribution in [3.8, 4) is 0 Å². The van der Waals surface area contributed by atoms with Crippen molar-refractivity contribution in [2.24, 2.45) is 0 Å². The standard InChI is InChI=1S/C26H26N4O5S/c31-24(30-16-14-27-15-17-30)18-28-26(33)20-10-12-21(13-11-20)36(34,35)29-23-9-5-4-8-22(23)25(32)19-6-2-1-3-7-19/h1-13,27,29H,14-18H2,(H,28,33). The topological polar surface area (TPSA) is 125 Å². The van der Waals surface area contributed by atoms with Crippen molar-refractivity contribution in [1.29, 1.82) is 0 Å². The van der Waals surface area contributed by atoms with Crippen LogP contribution in [-0.2, 0) is 14.8 Å². The predicted octanol–water partition coefficient (Wildman–Crippen LogP) is 1.88. The minimum absolute atomic E-state index is 0.0714. The number of ketones is 1. The van der Waals surface area contributed by atoms with Gasteiger partial charge in [0.2, 0.25) is 5.91 Å². The molecule has 4 rings (SSSR count). The fourth-order valence-electron chi connectivity index (χ4n) is 3.79. The number of hydrogen-bond donors (Lipinski definition) is 3. The second-order valence-electron chi connectivity index (χ2n) is 8.18. The zero-order chi connectivity index (χ0) is 25.5. The van der Waals surface area contributed by atoms with Gasteiger partial charge < -0.3 is 15.5 Å². The summed E-state index contributed by atoms with van der Waals surface area (Å²) in [6, 6.07) is 20.3. The Morgan fingerprint density at radius 2 is 1.44 bits per heavy atom. The molecule has 0 aromatic heterocycles. The second-order valence-corrected chi connectivity index (χ2v) is 9.87. The van der Waals surface area contributed by atoms with Gasteiger partial charge >= 0.3 is 0 Å². The number of anilines is 1. The molecule has 10 heteroatoms. The summed E-state index contributed by atoms with van der Waals surface area (Å²) in [5, 5.41) is 5.73. The summed E-state index contributed by atoms with van der Waals surface area (Å²) in [6.45, 7) is 2.48. The van der Waals surface area contributed by atoms with Crippen LogP contribution in [0.2, 0.25) is 0 Å². The number of carbonyl (C=O) groups is 3. The molecule has 3 aromatic rings. The predicted molar refractivity (Wildman–Crippen MR) is 135 cm³/mol. The lowest BCUT2D eigenvalue weighted by atomic mass is 10.0. The largest absolute Gasteiger partial charge is 0.343 e. The van der Waals surface area contributed by atoms with E-state index in [4.69, 9.17) is 0 Å². The average molecular weight is 507 g/mol. The molecule has 0 atom stereocenters. The summed E-state index contributed by atoms with van der Waals surface area (Å²) in [4.78, 5) is 39.2. The zero-order valence-electron chi connectivity index (χ0n) is 19.4. The van der Waals surface area contributed by atoms with Gasteiger partial charge in [0.25, 0.3) is 15.9 Å². The van der Waals surface area contributed by atoms with Gasteiger partial charge in [-0.1, -0.05) is 42.5 Å². The van der Waals surface area contributed by atoms with Gasteiger partial charge in [-0.25, -0.2) is 8.42 Å². The van der Waals surface area contributed by atoms with E-state index >= 15 is 0 Å². The van der Waals surface area contributed by atoms with Gasteiger partial charge in [-0.3, -0.25) is 19.1 Å². The smallest absolute Gasteiger partial charge is 0.261 e. The molecule has 186 valence electrons. The van der Waals surface area contributed by atoms with E-state index in [1.54, 1.807) is 53.4 Å². The monoisotopic (exact) mass is 506 g/mol. The summed E-state index contributed by atoms with van der Waals surface area (Å²) < 4.78 is 28.5. The highest BCUT2D eigenvalue weighted by atomic mass is 32.2. The van der Waals surface area contributed by atoms with Crippen molar-refractivity contribution >= 4 is 33.3 Å². The Labute approximate surface area is 209 Å². The van der Waals surface area contributed by atoms with Crippen LogP contribution in [0.25, 0.3) is 0 Å². The SMILES string of the molecule is O=C(NCC(=O)N1CCNCC1)c1ccc(S(=O)(=O)Nc2ccccc2C(=O)c2ccccc2)cc1. The van der Waals surface area contributed by atoms with Gasteiger partial charge in [0.15, 0.2) is 5.78 Å². The first-order valence-corrected chi connectivity index (χ1v) is 12.9. The highest BCUT2D eigenvalue weighted by molar-refractivity contribution is 7.92. The molecule has 3 aromatic carbocycles. The molecular formula is C26H26N4O5S. The first kappa shape index (κ1) is 25.1.